The molecule has 0 aliphatic heterocycles. The lowest BCUT2D eigenvalue weighted by Crippen LogP contribution is -2.24. The lowest BCUT2D eigenvalue weighted by molar-refractivity contribution is 0.769. The van der Waals surface area contributed by atoms with Crippen LogP contribution in [0.2, 0.25) is 10.0 Å². The van der Waals surface area contributed by atoms with Crippen LogP contribution in [-0.2, 0) is 6.42 Å². The van der Waals surface area contributed by atoms with Crippen LogP contribution < -0.4 is 11.3 Å². The van der Waals surface area contributed by atoms with Gasteiger partial charge in [-0.3, -0.25) is 9.89 Å². The van der Waals surface area contributed by atoms with Gasteiger partial charge in [0.2, 0.25) is 5.95 Å². The van der Waals surface area contributed by atoms with Gasteiger partial charge < -0.3 is 5.73 Å². The zero-order valence-electron chi connectivity index (χ0n) is 12.6. The summed E-state index contributed by atoms with van der Waals surface area (Å²) in [5.74, 6) is 0.456. The number of hydrogen-bond donors (Lipinski definition) is 2. The van der Waals surface area contributed by atoms with E-state index in [1.165, 1.54) is 4.52 Å². The van der Waals surface area contributed by atoms with Gasteiger partial charge in [-0.1, -0.05) is 37.0 Å². The van der Waals surface area contributed by atoms with E-state index in [-0.39, 0.29) is 23.2 Å². The van der Waals surface area contributed by atoms with Crippen LogP contribution in [0.1, 0.15) is 36.6 Å². The molecule has 0 saturated heterocycles. The van der Waals surface area contributed by atoms with Gasteiger partial charge >= 0.3 is 0 Å². The Morgan fingerprint density at radius 3 is 2.74 bits per heavy atom. The van der Waals surface area contributed by atoms with E-state index in [1.54, 1.807) is 18.2 Å². The number of nitrogens with zero attached hydrogens (tertiary/aromatic N) is 3. The molecule has 0 aliphatic rings. The Labute approximate surface area is 142 Å². The molecule has 0 fully saturated rings. The highest BCUT2D eigenvalue weighted by molar-refractivity contribution is 6.33. The molecule has 0 bridgehead atoms. The summed E-state index contributed by atoms with van der Waals surface area (Å²) < 4.78 is 1.25. The summed E-state index contributed by atoms with van der Waals surface area (Å²) in [6.07, 6.45) is 0.334. The summed E-state index contributed by atoms with van der Waals surface area (Å²) in [6, 6.07) is 5.18. The molecule has 0 radical (unpaired) electrons. The van der Waals surface area contributed by atoms with E-state index in [2.05, 4.69) is 15.1 Å². The maximum absolute atomic E-state index is 12.8. The standard InChI is InChI=1S/C15H15Cl2N5O/c1-7(2)12-10(6-8-5-9(16)3-4-11(8)17)13(23)22-15(19-12)20-14(18)21-22/h3-5,7H,6H2,1-2H3,(H3,18,19,20,21). The Kier molecular flexibility index (Phi) is 4.04. The van der Waals surface area contributed by atoms with Crippen molar-refractivity contribution in [3.8, 4) is 0 Å². The van der Waals surface area contributed by atoms with Crippen molar-refractivity contribution >= 4 is 34.9 Å². The molecule has 23 heavy (non-hydrogen) atoms. The first-order chi connectivity index (χ1) is 10.9. The maximum atomic E-state index is 12.8. The molecule has 2 heterocycles. The van der Waals surface area contributed by atoms with Crippen LogP contribution in [-0.4, -0.2) is 19.6 Å². The van der Waals surface area contributed by atoms with E-state index in [9.17, 15) is 4.79 Å². The van der Waals surface area contributed by atoms with Crippen molar-refractivity contribution in [2.75, 3.05) is 5.73 Å². The van der Waals surface area contributed by atoms with Crippen LogP contribution in [0.5, 0.6) is 0 Å². The van der Waals surface area contributed by atoms with Gasteiger partial charge in [0.25, 0.3) is 11.3 Å². The minimum absolute atomic E-state index is 0.0542. The molecular formula is C15H15Cl2N5O. The second-order valence-corrected chi connectivity index (χ2v) is 6.44. The molecule has 8 heteroatoms. The quantitative estimate of drug-likeness (QED) is 0.758. The monoisotopic (exact) mass is 351 g/mol. The lowest BCUT2D eigenvalue weighted by atomic mass is 9.99. The Morgan fingerprint density at radius 2 is 2.04 bits per heavy atom. The van der Waals surface area contributed by atoms with Crippen molar-refractivity contribution in [2.24, 2.45) is 0 Å². The largest absolute Gasteiger partial charge is 0.368 e. The third kappa shape index (κ3) is 2.92. The molecule has 0 spiro atoms. The number of aromatic nitrogens is 4. The van der Waals surface area contributed by atoms with Gasteiger partial charge in [-0.2, -0.15) is 9.50 Å². The molecule has 3 aromatic rings. The third-order valence-corrected chi connectivity index (χ3v) is 4.16. The average molecular weight is 352 g/mol. The van der Waals surface area contributed by atoms with Gasteiger partial charge in [0.1, 0.15) is 0 Å². The maximum Gasteiger partial charge on any atom is 0.277 e. The first kappa shape index (κ1) is 15.8. The highest BCUT2D eigenvalue weighted by Crippen LogP contribution is 2.25. The summed E-state index contributed by atoms with van der Waals surface area (Å²) in [4.78, 5) is 21.3. The Hall–Kier alpha value is -2.05. The van der Waals surface area contributed by atoms with Crippen molar-refractivity contribution < 1.29 is 0 Å². The number of nitrogen functional groups attached to an aromatic ring is 1. The molecular weight excluding hydrogens is 337 g/mol. The fourth-order valence-corrected chi connectivity index (χ4v) is 2.88. The minimum atomic E-state index is -0.237. The van der Waals surface area contributed by atoms with Crippen LogP contribution in [0.3, 0.4) is 0 Å². The number of rotatable bonds is 3. The van der Waals surface area contributed by atoms with Gasteiger partial charge in [0.05, 0.1) is 5.69 Å². The van der Waals surface area contributed by atoms with E-state index in [1.807, 2.05) is 13.8 Å². The molecule has 0 amide bonds. The van der Waals surface area contributed by atoms with Gasteiger partial charge in [-0.05, 0) is 29.7 Å². The van der Waals surface area contributed by atoms with Gasteiger partial charge in [-0.25, -0.2) is 4.98 Å². The van der Waals surface area contributed by atoms with Crippen molar-refractivity contribution in [3.63, 3.8) is 0 Å². The predicted molar refractivity (Wildman–Crippen MR) is 91.4 cm³/mol. The van der Waals surface area contributed by atoms with E-state index in [4.69, 9.17) is 28.9 Å². The second-order valence-electron chi connectivity index (χ2n) is 5.59. The second kappa shape index (κ2) is 5.86. The van der Waals surface area contributed by atoms with E-state index < -0.39 is 0 Å². The van der Waals surface area contributed by atoms with Crippen LogP contribution in [0.4, 0.5) is 5.95 Å². The van der Waals surface area contributed by atoms with Gasteiger partial charge in [0.15, 0.2) is 0 Å². The molecule has 0 aliphatic carbocycles. The molecule has 2 aromatic heterocycles. The van der Waals surface area contributed by atoms with Crippen LogP contribution >= 0.6 is 23.2 Å². The molecule has 3 rings (SSSR count). The Bertz CT molecular complexity index is 945. The highest BCUT2D eigenvalue weighted by atomic mass is 35.5. The number of fused-ring (bicyclic) bond motifs is 1. The normalized spacial score (nSPS) is 11.5. The number of H-pyrrole nitrogens is 1. The third-order valence-electron chi connectivity index (χ3n) is 3.56. The van der Waals surface area contributed by atoms with Crippen molar-refractivity contribution in [2.45, 2.75) is 26.2 Å². The van der Waals surface area contributed by atoms with Crippen molar-refractivity contribution in [1.82, 2.24) is 19.6 Å². The summed E-state index contributed by atoms with van der Waals surface area (Å²) >= 11 is 12.3. The molecule has 1 aromatic carbocycles. The summed E-state index contributed by atoms with van der Waals surface area (Å²) in [7, 11) is 0. The van der Waals surface area contributed by atoms with E-state index in [0.717, 1.165) is 5.56 Å². The van der Waals surface area contributed by atoms with Crippen LogP contribution in [0.15, 0.2) is 23.0 Å². The number of nitrogens with one attached hydrogen (secondary N) is 1. The minimum Gasteiger partial charge on any atom is -0.368 e. The smallest absolute Gasteiger partial charge is 0.277 e. The van der Waals surface area contributed by atoms with E-state index in [0.29, 0.717) is 27.7 Å². The summed E-state index contributed by atoms with van der Waals surface area (Å²) in [5.41, 5.74) is 7.39. The zero-order valence-corrected chi connectivity index (χ0v) is 14.1. The number of halogens is 2. The number of anilines is 1. The average Bonchev–Trinajstić information content (AvgIpc) is 2.86. The van der Waals surface area contributed by atoms with Gasteiger partial charge in [-0.15, -0.1) is 0 Å². The van der Waals surface area contributed by atoms with Crippen LogP contribution in [0.25, 0.3) is 5.78 Å². The Morgan fingerprint density at radius 1 is 1.30 bits per heavy atom. The topological polar surface area (TPSA) is 89.1 Å². The number of hydrogen-bond acceptors (Lipinski definition) is 4. The molecule has 0 atom stereocenters. The molecule has 3 N–H and O–H groups in total. The number of aromatic amines is 1. The molecule has 6 nitrogen and oxygen atoms in total. The molecule has 0 saturated carbocycles. The van der Waals surface area contributed by atoms with E-state index >= 15 is 0 Å². The van der Waals surface area contributed by atoms with Crippen molar-refractivity contribution in [1.29, 1.82) is 0 Å². The first-order valence-corrected chi connectivity index (χ1v) is 7.83. The zero-order chi connectivity index (χ0) is 16.7. The highest BCUT2D eigenvalue weighted by Gasteiger charge is 2.19. The number of nitrogens with two attached hydrogens (primary N) is 1. The fraction of sp³-hybridized carbons (Fsp3) is 0.267. The first-order valence-electron chi connectivity index (χ1n) is 7.07. The summed E-state index contributed by atoms with van der Waals surface area (Å²) in [6.45, 7) is 3.94. The van der Waals surface area contributed by atoms with Gasteiger partial charge in [0, 0.05) is 22.0 Å². The fourth-order valence-electron chi connectivity index (χ4n) is 2.50. The number of benzene rings is 1. The van der Waals surface area contributed by atoms with Crippen LogP contribution in [0, 0.1) is 0 Å². The SMILES string of the molecule is CC(C)c1nc2nc(N)[nH]n2c(=O)c1Cc1cc(Cl)ccc1Cl. The Balaban J connectivity index is 2.22. The summed E-state index contributed by atoms with van der Waals surface area (Å²) in [5, 5.41) is 3.81. The van der Waals surface area contributed by atoms with Crippen molar-refractivity contribution in [3.05, 3.63) is 55.4 Å². The molecule has 120 valence electrons. The lowest BCUT2D eigenvalue weighted by Gasteiger charge is -2.12. The predicted octanol–water partition coefficient (Wildman–Crippen LogP) is 3.02. The molecule has 0 unspecified atom stereocenters.